The lowest BCUT2D eigenvalue weighted by atomic mass is 10.1. The standard InChI is InChI=1S/C18H19F3N4O/c1-11-3-2-4-14(18(19,20)21)15(11)25-13-6-5-12(23-10-13)9-24-16(26)17(22)7-8-17/h2-6,10,25H,7-9,22H2,1H3,(H,24,26). The predicted octanol–water partition coefficient (Wildman–Crippen LogP) is 3.26. The summed E-state index contributed by atoms with van der Waals surface area (Å²) in [5.74, 6) is -0.212. The van der Waals surface area contributed by atoms with Gasteiger partial charge in [0.05, 0.1) is 40.9 Å². The SMILES string of the molecule is Cc1cccc(C(F)(F)F)c1Nc1ccc(CNC(=O)C2(N)CC2)nc1. The first kappa shape index (κ1) is 18.2. The van der Waals surface area contributed by atoms with E-state index in [1.165, 1.54) is 12.3 Å². The Morgan fingerprint density at radius 1 is 1.27 bits per heavy atom. The molecule has 26 heavy (non-hydrogen) atoms. The maximum absolute atomic E-state index is 13.2. The first-order valence-electron chi connectivity index (χ1n) is 8.15. The molecule has 138 valence electrons. The van der Waals surface area contributed by atoms with E-state index in [0.29, 0.717) is 29.8 Å². The van der Waals surface area contributed by atoms with Gasteiger partial charge in [-0.15, -0.1) is 0 Å². The molecule has 1 aromatic heterocycles. The van der Waals surface area contributed by atoms with Crippen molar-refractivity contribution in [1.82, 2.24) is 10.3 Å². The zero-order valence-corrected chi connectivity index (χ0v) is 14.2. The van der Waals surface area contributed by atoms with Gasteiger partial charge in [0.2, 0.25) is 5.91 Å². The fourth-order valence-corrected chi connectivity index (χ4v) is 2.53. The van der Waals surface area contributed by atoms with Crippen LogP contribution in [0, 0.1) is 6.92 Å². The number of benzene rings is 1. The van der Waals surface area contributed by atoms with Gasteiger partial charge < -0.3 is 16.4 Å². The Morgan fingerprint density at radius 3 is 2.58 bits per heavy atom. The molecule has 3 rings (SSSR count). The summed E-state index contributed by atoms with van der Waals surface area (Å²) in [6.45, 7) is 1.83. The van der Waals surface area contributed by atoms with Crippen molar-refractivity contribution < 1.29 is 18.0 Å². The Labute approximate surface area is 148 Å². The van der Waals surface area contributed by atoms with Crippen LogP contribution < -0.4 is 16.4 Å². The fourth-order valence-electron chi connectivity index (χ4n) is 2.53. The summed E-state index contributed by atoms with van der Waals surface area (Å²) in [5.41, 5.74) is 5.82. The van der Waals surface area contributed by atoms with Crippen LogP contribution in [0.1, 0.15) is 29.7 Å². The van der Waals surface area contributed by atoms with Crippen LogP contribution in [-0.4, -0.2) is 16.4 Å². The zero-order valence-electron chi connectivity index (χ0n) is 14.2. The van der Waals surface area contributed by atoms with Crippen LogP contribution in [0.5, 0.6) is 0 Å². The number of carbonyl (C=O) groups excluding carboxylic acids is 1. The summed E-state index contributed by atoms with van der Waals surface area (Å²) in [7, 11) is 0. The molecule has 2 aromatic rings. The number of alkyl halides is 3. The third kappa shape index (κ3) is 3.96. The molecule has 0 bridgehead atoms. The van der Waals surface area contributed by atoms with Crippen LogP contribution in [0.25, 0.3) is 0 Å². The van der Waals surface area contributed by atoms with Gasteiger partial charge in [0.1, 0.15) is 0 Å². The molecule has 1 aromatic carbocycles. The molecule has 1 aliphatic carbocycles. The zero-order chi connectivity index (χ0) is 18.9. The smallest absolute Gasteiger partial charge is 0.354 e. The Bertz CT molecular complexity index is 814. The molecule has 1 heterocycles. The molecule has 0 saturated heterocycles. The molecule has 0 radical (unpaired) electrons. The number of anilines is 2. The van der Waals surface area contributed by atoms with Crippen molar-refractivity contribution in [3.05, 3.63) is 53.3 Å². The molecule has 4 N–H and O–H groups in total. The lowest BCUT2D eigenvalue weighted by Crippen LogP contribution is -2.42. The number of rotatable bonds is 5. The highest BCUT2D eigenvalue weighted by atomic mass is 19.4. The van der Waals surface area contributed by atoms with Crippen LogP contribution in [0.3, 0.4) is 0 Å². The Morgan fingerprint density at radius 2 is 2.00 bits per heavy atom. The first-order valence-corrected chi connectivity index (χ1v) is 8.15. The number of aromatic nitrogens is 1. The van der Waals surface area contributed by atoms with Crippen LogP contribution >= 0.6 is 0 Å². The fraction of sp³-hybridized carbons (Fsp3) is 0.333. The highest BCUT2D eigenvalue weighted by Crippen LogP contribution is 2.37. The van der Waals surface area contributed by atoms with E-state index in [0.717, 1.165) is 6.07 Å². The minimum atomic E-state index is -4.45. The average Bonchev–Trinajstić information content (AvgIpc) is 3.33. The maximum atomic E-state index is 13.2. The summed E-state index contributed by atoms with van der Waals surface area (Å²) in [4.78, 5) is 16.0. The molecule has 0 aliphatic heterocycles. The number of nitrogens with one attached hydrogen (secondary N) is 2. The van der Waals surface area contributed by atoms with Crippen molar-refractivity contribution in [2.45, 2.75) is 38.0 Å². The largest absolute Gasteiger partial charge is 0.418 e. The van der Waals surface area contributed by atoms with Gasteiger partial charge in [-0.2, -0.15) is 13.2 Å². The van der Waals surface area contributed by atoms with Gasteiger partial charge in [0, 0.05) is 0 Å². The molecule has 8 heteroatoms. The molecule has 1 amide bonds. The Balaban J connectivity index is 1.69. The lowest BCUT2D eigenvalue weighted by Gasteiger charge is -2.17. The highest BCUT2D eigenvalue weighted by Gasteiger charge is 2.45. The Hall–Kier alpha value is -2.61. The second kappa shape index (κ2) is 6.60. The maximum Gasteiger partial charge on any atom is 0.418 e. The summed E-state index contributed by atoms with van der Waals surface area (Å²) in [5, 5.41) is 5.50. The summed E-state index contributed by atoms with van der Waals surface area (Å²) < 4.78 is 39.5. The lowest BCUT2D eigenvalue weighted by molar-refractivity contribution is -0.137. The summed E-state index contributed by atoms with van der Waals surface area (Å²) in [6, 6.07) is 7.28. The van der Waals surface area contributed by atoms with E-state index in [-0.39, 0.29) is 18.1 Å². The van der Waals surface area contributed by atoms with Crippen molar-refractivity contribution in [3.63, 3.8) is 0 Å². The summed E-state index contributed by atoms with van der Waals surface area (Å²) >= 11 is 0. The first-order chi connectivity index (χ1) is 12.2. The van der Waals surface area contributed by atoms with E-state index in [1.807, 2.05) is 0 Å². The number of aryl methyl sites for hydroxylation is 1. The second-order valence-electron chi connectivity index (χ2n) is 6.50. The van der Waals surface area contributed by atoms with E-state index < -0.39 is 17.3 Å². The van der Waals surface area contributed by atoms with Crippen molar-refractivity contribution >= 4 is 17.3 Å². The van der Waals surface area contributed by atoms with Gasteiger partial charge in [-0.1, -0.05) is 12.1 Å². The van der Waals surface area contributed by atoms with Crippen molar-refractivity contribution in [1.29, 1.82) is 0 Å². The van der Waals surface area contributed by atoms with Crippen LogP contribution in [0.15, 0.2) is 36.5 Å². The number of carbonyl (C=O) groups is 1. The van der Waals surface area contributed by atoms with E-state index >= 15 is 0 Å². The number of halogens is 3. The number of amides is 1. The molecule has 1 saturated carbocycles. The van der Waals surface area contributed by atoms with Crippen molar-refractivity contribution in [2.75, 3.05) is 5.32 Å². The number of hydrogen-bond donors (Lipinski definition) is 3. The van der Waals surface area contributed by atoms with Crippen LogP contribution in [0.4, 0.5) is 24.5 Å². The number of hydrogen-bond acceptors (Lipinski definition) is 4. The van der Waals surface area contributed by atoms with Gasteiger partial charge in [0.15, 0.2) is 0 Å². The van der Waals surface area contributed by atoms with E-state index in [4.69, 9.17) is 5.73 Å². The van der Waals surface area contributed by atoms with Gasteiger partial charge in [-0.05, 0) is 43.5 Å². The van der Waals surface area contributed by atoms with Gasteiger partial charge in [-0.3, -0.25) is 9.78 Å². The van der Waals surface area contributed by atoms with Crippen LogP contribution in [0.2, 0.25) is 0 Å². The monoisotopic (exact) mass is 364 g/mol. The summed E-state index contributed by atoms with van der Waals surface area (Å²) in [6.07, 6.45) is -1.67. The topological polar surface area (TPSA) is 80.0 Å². The molecule has 1 fully saturated rings. The Kier molecular flexibility index (Phi) is 4.62. The van der Waals surface area contributed by atoms with E-state index in [2.05, 4.69) is 15.6 Å². The minimum absolute atomic E-state index is 0.00154. The molecular formula is C18H19F3N4O. The molecular weight excluding hydrogens is 345 g/mol. The van der Waals surface area contributed by atoms with E-state index in [1.54, 1.807) is 25.1 Å². The predicted molar refractivity (Wildman–Crippen MR) is 91.7 cm³/mol. The number of nitrogens with two attached hydrogens (primary N) is 1. The van der Waals surface area contributed by atoms with Crippen LogP contribution in [-0.2, 0) is 17.5 Å². The molecule has 5 nitrogen and oxygen atoms in total. The second-order valence-corrected chi connectivity index (χ2v) is 6.50. The molecule has 0 atom stereocenters. The van der Waals surface area contributed by atoms with Crippen molar-refractivity contribution in [3.8, 4) is 0 Å². The highest BCUT2D eigenvalue weighted by molar-refractivity contribution is 5.88. The van der Waals surface area contributed by atoms with Crippen molar-refractivity contribution in [2.24, 2.45) is 5.73 Å². The molecule has 1 aliphatic rings. The third-order valence-corrected chi connectivity index (χ3v) is 4.34. The minimum Gasteiger partial charge on any atom is -0.354 e. The number of para-hydroxylation sites is 1. The quantitative estimate of drug-likeness (QED) is 0.761. The number of pyridine rings is 1. The average molecular weight is 364 g/mol. The number of nitrogens with zero attached hydrogens (tertiary/aromatic N) is 1. The molecule has 0 unspecified atom stereocenters. The normalized spacial score (nSPS) is 15.4. The molecule has 0 spiro atoms. The van der Waals surface area contributed by atoms with E-state index in [9.17, 15) is 18.0 Å². The van der Waals surface area contributed by atoms with Gasteiger partial charge in [-0.25, -0.2) is 0 Å². The van der Waals surface area contributed by atoms with Gasteiger partial charge >= 0.3 is 6.18 Å². The van der Waals surface area contributed by atoms with Gasteiger partial charge in [0.25, 0.3) is 0 Å². The third-order valence-electron chi connectivity index (χ3n) is 4.34.